The third-order valence-electron chi connectivity index (χ3n) is 3.81. The largest absolute Gasteiger partial charge is 0.140 e. The summed E-state index contributed by atoms with van der Waals surface area (Å²) in [7, 11) is 0. The van der Waals surface area contributed by atoms with Gasteiger partial charge in [0.15, 0.2) is 0 Å². The Balaban J connectivity index is 2.15. The van der Waals surface area contributed by atoms with E-state index in [-0.39, 0.29) is 0 Å². The highest BCUT2D eigenvalue weighted by molar-refractivity contribution is 7.20. The summed E-state index contributed by atoms with van der Waals surface area (Å²) < 4.78 is 1.44. The lowest BCUT2D eigenvalue weighted by Gasteiger charge is -2.06. The van der Waals surface area contributed by atoms with Crippen molar-refractivity contribution in [3.05, 3.63) is 51.9 Å². The summed E-state index contributed by atoms with van der Waals surface area (Å²) in [6.07, 6.45) is 3.43. The maximum absolute atomic E-state index is 2.32. The second-order valence-electron chi connectivity index (χ2n) is 5.24. The van der Waals surface area contributed by atoms with Crippen molar-refractivity contribution in [1.82, 2.24) is 0 Å². The Morgan fingerprint density at radius 3 is 2.72 bits per heavy atom. The van der Waals surface area contributed by atoms with Gasteiger partial charge < -0.3 is 0 Å². The predicted molar refractivity (Wildman–Crippen MR) is 81.4 cm³/mol. The lowest BCUT2D eigenvalue weighted by molar-refractivity contribution is 1.21. The number of thiophene rings is 1. The molecule has 0 amide bonds. The first-order valence-electron chi connectivity index (χ1n) is 6.34. The van der Waals surface area contributed by atoms with Crippen LogP contribution in [-0.2, 0) is 6.42 Å². The molecule has 0 saturated carbocycles. The van der Waals surface area contributed by atoms with Gasteiger partial charge in [-0.15, -0.1) is 11.3 Å². The third kappa shape index (κ3) is 1.31. The number of fused-ring (bicyclic) bond motifs is 5. The van der Waals surface area contributed by atoms with Crippen LogP contribution >= 0.6 is 11.3 Å². The van der Waals surface area contributed by atoms with Crippen molar-refractivity contribution >= 4 is 38.3 Å². The summed E-state index contributed by atoms with van der Waals surface area (Å²) in [5, 5.41) is 4.25. The SMILES string of the molecule is CC1=Cc2ccc3c(ccc4cc(C)sc43)c2C1. The predicted octanol–water partition coefficient (Wildman–Crippen LogP) is 5.32. The second-order valence-corrected chi connectivity index (χ2v) is 6.49. The van der Waals surface area contributed by atoms with Crippen LogP contribution < -0.4 is 0 Å². The van der Waals surface area contributed by atoms with Gasteiger partial charge in [0, 0.05) is 9.58 Å². The van der Waals surface area contributed by atoms with E-state index in [4.69, 9.17) is 0 Å². The summed E-state index contributed by atoms with van der Waals surface area (Å²) in [5.74, 6) is 0. The zero-order chi connectivity index (χ0) is 12.3. The molecule has 18 heavy (non-hydrogen) atoms. The molecule has 0 radical (unpaired) electrons. The number of aryl methyl sites for hydroxylation is 1. The molecule has 0 fully saturated rings. The summed E-state index contributed by atoms with van der Waals surface area (Å²) in [6.45, 7) is 4.41. The van der Waals surface area contributed by atoms with E-state index in [2.05, 4.69) is 50.3 Å². The molecule has 4 rings (SSSR count). The van der Waals surface area contributed by atoms with Gasteiger partial charge in [0.2, 0.25) is 0 Å². The average Bonchev–Trinajstić information content (AvgIpc) is 2.89. The van der Waals surface area contributed by atoms with Crippen molar-refractivity contribution < 1.29 is 0 Å². The lowest BCUT2D eigenvalue weighted by atomic mass is 9.99. The van der Waals surface area contributed by atoms with Gasteiger partial charge in [0.25, 0.3) is 0 Å². The Bertz CT molecular complexity index is 818. The zero-order valence-corrected chi connectivity index (χ0v) is 11.4. The van der Waals surface area contributed by atoms with Crippen LogP contribution in [0.1, 0.15) is 22.9 Å². The smallest absolute Gasteiger partial charge is 0.0424 e. The molecule has 3 aromatic rings. The molecule has 88 valence electrons. The van der Waals surface area contributed by atoms with Crippen LogP contribution in [-0.4, -0.2) is 0 Å². The van der Waals surface area contributed by atoms with Gasteiger partial charge in [0.05, 0.1) is 0 Å². The highest BCUT2D eigenvalue weighted by Crippen LogP contribution is 2.37. The van der Waals surface area contributed by atoms with Crippen LogP contribution in [0.5, 0.6) is 0 Å². The van der Waals surface area contributed by atoms with E-state index in [0.717, 1.165) is 6.42 Å². The molecule has 0 aliphatic heterocycles. The fourth-order valence-electron chi connectivity index (χ4n) is 3.04. The molecule has 2 aromatic carbocycles. The van der Waals surface area contributed by atoms with Crippen LogP contribution in [0.25, 0.3) is 26.9 Å². The minimum atomic E-state index is 1.11. The summed E-state index contributed by atoms with van der Waals surface area (Å²) in [5.41, 5.74) is 4.39. The highest BCUT2D eigenvalue weighted by atomic mass is 32.1. The third-order valence-corrected chi connectivity index (χ3v) is 4.91. The molecule has 1 aliphatic rings. The zero-order valence-electron chi connectivity index (χ0n) is 10.6. The van der Waals surface area contributed by atoms with E-state index in [1.165, 1.54) is 42.4 Å². The number of allylic oxidation sites excluding steroid dienone is 1. The molecular formula is C17H14S. The van der Waals surface area contributed by atoms with E-state index in [1.807, 2.05) is 11.3 Å². The fourth-order valence-corrected chi connectivity index (χ4v) is 4.08. The first kappa shape index (κ1) is 10.3. The highest BCUT2D eigenvalue weighted by Gasteiger charge is 2.14. The normalized spacial score (nSPS) is 14.2. The van der Waals surface area contributed by atoms with E-state index >= 15 is 0 Å². The number of hydrogen-bond donors (Lipinski definition) is 0. The van der Waals surface area contributed by atoms with Crippen molar-refractivity contribution in [1.29, 1.82) is 0 Å². The van der Waals surface area contributed by atoms with Crippen molar-refractivity contribution in [3.63, 3.8) is 0 Å². The van der Waals surface area contributed by atoms with E-state index in [9.17, 15) is 0 Å². The summed E-state index contributed by atoms with van der Waals surface area (Å²) >= 11 is 1.91. The van der Waals surface area contributed by atoms with Crippen LogP contribution in [0, 0.1) is 6.92 Å². The molecule has 0 N–H and O–H groups in total. The van der Waals surface area contributed by atoms with Crippen molar-refractivity contribution in [2.24, 2.45) is 0 Å². The van der Waals surface area contributed by atoms with Crippen molar-refractivity contribution in [3.8, 4) is 0 Å². The first-order valence-corrected chi connectivity index (χ1v) is 7.16. The van der Waals surface area contributed by atoms with E-state index in [1.54, 1.807) is 0 Å². The molecule has 1 aromatic heterocycles. The van der Waals surface area contributed by atoms with Gasteiger partial charge >= 0.3 is 0 Å². The molecule has 0 bridgehead atoms. The van der Waals surface area contributed by atoms with Gasteiger partial charge in [-0.1, -0.05) is 35.9 Å². The van der Waals surface area contributed by atoms with E-state index < -0.39 is 0 Å². The minimum absolute atomic E-state index is 1.11. The monoisotopic (exact) mass is 250 g/mol. The Morgan fingerprint density at radius 2 is 1.83 bits per heavy atom. The molecule has 1 heteroatoms. The Kier molecular flexibility index (Phi) is 1.98. The van der Waals surface area contributed by atoms with Crippen molar-refractivity contribution in [2.45, 2.75) is 20.3 Å². The number of hydrogen-bond acceptors (Lipinski definition) is 1. The number of benzene rings is 2. The molecule has 0 nitrogen and oxygen atoms in total. The Morgan fingerprint density at radius 1 is 1.00 bits per heavy atom. The maximum Gasteiger partial charge on any atom is 0.0424 e. The Labute approximate surface area is 111 Å². The second kappa shape index (κ2) is 3.46. The average molecular weight is 250 g/mol. The van der Waals surface area contributed by atoms with Gasteiger partial charge in [-0.2, -0.15) is 0 Å². The van der Waals surface area contributed by atoms with Gasteiger partial charge in [-0.3, -0.25) is 0 Å². The quantitative estimate of drug-likeness (QED) is 0.506. The minimum Gasteiger partial charge on any atom is -0.140 e. The summed E-state index contributed by atoms with van der Waals surface area (Å²) in [4.78, 5) is 1.40. The summed E-state index contributed by atoms with van der Waals surface area (Å²) in [6, 6.07) is 11.4. The van der Waals surface area contributed by atoms with E-state index in [0.29, 0.717) is 0 Å². The number of rotatable bonds is 0. The topological polar surface area (TPSA) is 0 Å². The molecule has 0 unspecified atom stereocenters. The van der Waals surface area contributed by atoms with Crippen LogP contribution in [0.4, 0.5) is 0 Å². The molecule has 1 heterocycles. The molecule has 0 spiro atoms. The van der Waals surface area contributed by atoms with Gasteiger partial charge in [0.1, 0.15) is 0 Å². The van der Waals surface area contributed by atoms with Crippen LogP contribution in [0.2, 0.25) is 0 Å². The molecular weight excluding hydrogens is 236 g/mol. The standard InChI is InChI=1S/C17H14S/c1-10-7-12-3-6-15-14(16(12)8-10)5-4-13-9-11(2)18-17(13)15/h3-7,9H,8H2,1-2H3. The van der Waals surface area contributed by atoms with Crippen LogP contribution in [0.15, 0.2) is 35.9 Å². The fraction of sp³-hybridized carbons (Fsp3) is 0.176. The first-order chi connectivity index (χ1) is 8.72. The molecule has 0 atom stereocenters. The maximum atomic E-state index is 2.32. The van der Waals surface area contributed by atoms with Crippen molar-refractivity contribution in [2.75, 3.05) is 0 Å². The molecule has 1 aliphatic carbocycles. The Hall–Kier alpha value is -1.60. The molecule has 0 saturated heterocycles. The van der Waals surface area contributed by atoms with Gasteiger partial charge in [-0.25, -0.2) is 0 Å². The lowest BCUT2D eigenvalue weighted by Crippen LogP contribution is -1.86. The van der Waals surface area contributed by atoms with Gasteiger partial charge in [-0.05, 0) is 53.6 Å². The van der Waals surface area contributed by atoms with Crippen LogP contribution in [0.3, 0.4) is 0 Å².